The van der Waals surface area contributed by atoms with Crippen molar-refractivity contribution in [1.82, 2.24) is 10.9 Å². The number of benzene rings is 1. The Kier molecular flexibility index (Phi) is 4.29. The zero-order valence-electron chi connectivity index (χ0n) is 13.0. The van der Waals surface area contributed by atoms with Gasteiger partial charge in [0.1, 0.15) is 5.25 Å². The Morgan fingerprint density at radius 3 is 2.41 bits per heavy atom. The van der Waals surface area contributed by atoms with Gasteiger partial charge in [0.25, 0.3) is 0 Å². The molecule has 0 aliphatic carbocycles. The highest BCUT2D eigenvalue weighted by molar-refractivity contribution is 7.93. The molecule has 2 heterocycles. The van der Waals surface area contributed by atoms with Gasteiger partial charge in [-0.2, -0.15) is 0 Å². The number of nitrogens with zero attached hydrogens (tertiary/aromatic N) is 1. The fourth-order valence-electron chi connectivity index (χ4n) is 3.37. The molecule has 3 rings (SSSR count). The van der Waals surface area contributed by atoms with Gasteiger partial charge in [0.05, 0.1) is 5.69 Å². The van der Waals surface area contributed by atoms with Gasteiger partial charge in [-0.1, -0.05) is 6.07 Å². The minimum atomic E-state index is -3.45. The monoisotopic (exact) mass is 324 g/mol. The third-order valence-electron chi connectivity index (χ3n) is 4.46. The number of rotatable bonds is 4. The van der Waals surface area contributed by atoms with Crippen molar-refractivity contribution >= 4 is 21.4 Å². The predicted molar refractivity (Wildman–Crippen MR) is 89.4 cm³/mol. The average Bonchev–Trinajstić information content (AvgIpc) is 3.09. The summed E-state index contributed by atoms with van der Waals surface area (Å²) < 4.78 is 28.1. The molecule has 1 aromatic rings. The van der Waals surface area contributed by atoms with E-state index in [-0.39, 0.29) is 12.1 Å². The average molecular weight is 324 g/mol. The Labute approximate surface area is 132 Å². The SMILES string of the molecule is CC1NNC(C)C1S(=O)(=O)Nc1cccc(N2CCCC2)c1. The van der Waals surface area contributed by atoms with Crippen molar-refractivity contribution in [2.75, 3.05) is 22.7 Å². The first kappa shape index (κ1) is 15.6. The van der Waals surface area contributed by atoms with Crippen LogP contribution in [0.2, 0.25) is 0 Å². The van der Waals surface area contributed by atoms with Crippen LogP contribution in [0.15, 0.2) is 24.3 Å². The summed E-state index contributed by atoms with van der Waals surface area (Å²) in [5, 5.41) is -0.497. The summed E-state index contributed by atoms with van der Waals surface area (Å²) in [5.74, 6) is 0. The van der Waals surface area contributed by atoms with E-state index in [1.54, 1.807) is 0 Å². The smallest absolute Gasteiger partial charge is 0.238 e. The Hall–Kier alpha value is -1.31. The first-order chi connectivity index (χ1) is 10.5. The van der Waals surface area contributed by atoms with Crippen LogP contribution in [0.3, 0.4) is 0 Å². The van der Waals surface area contributed by atoms with E-state index in [0.29, 0.717) is 5.69 Å². The van der Waals surface area contributed by atoms with E-state index in [0.717, 1.165) is 18.8 Å². The van der Waals surface area contributed by atoms with E-state index in [9.17, 15) is 8.42 Å². The van der Waals surface area contributed by atoms with Crippen LogP contribution in [0.1, 0.15) is 26.7 Å². The Morgan fingerprint density at radius 1 is 1.14 bits per heavy atom. The lowest BCUT2D eigenvalue weighted by molar-refractivity contribution is 0.564. The normalized spacial score (nSPS) is 29.0. The van der Waals surface area contributed by atoms with E-state index in [4.69, 9.17) is 0 Å². The van der Waals surface area contributed by atoms with Crippen molar-refractivity contribution in [2.24, 2.45) is 0 Å². The Morgan fingerprint density at radius 2 is 1.77 bits per heavy atom. The summed E-state index contributed by atoms with van der Waals surface area (Å²) in [4.78, 5) is 2.29. The zero-order valence-corrected chi connectivity index (χ0v) is 13.9. The van der Waals surface area contributed by atoms with E-state index in [1.807, 2.05) is 38.1 Å². The number of sulfonamides is 1. The highest BCUT2D eigenvalue weighted by Crippen LogP contribution is 2.25. The lowest BCUT2D eigenvalue weighted by Gasteiger charge is -2.21. The van der Waals surface area contributed by atoms with Crippen LogP contribution in [0, 0.1) is 0 Å². The molecule has 0 radical (unpaired) electrons. The maximum Gasteiger partial charge on any atom is 0.238 e. The molecule has 0 saturated carbocycles. The second-order valence-electron chi connectivity index (χ2n) is 6.22. The largest absolute Gasteiger partial charge is 0.371 e. The number of hydrogen-bond donors (Lipinski definition) is 3. The van der Waals surface area contributed by atoms with Crippen LogP contribution < -0.4 is 20.5 Å². The predicted octanol–water partition coefficient (Wildman–Crippen LogP) is 1.28. The summed E-state index contributed by atoms with van der Waals surface area (Å²) in [6, 6.07) is 7.41. The molecule has 1 aromatic carbocycles. The van der Waals surface area contributed by atoms with Crippen LogP contribution in [-0.2, 0) is 10.0 Å². The third-order valence-corrected chi connectivity index (χ3v) is 6.51. The van der Waals surface area contributed by atoms with Crippen molar-refractivity contribution in [1.29, 1.82) is 0 Å². The molecule has 2 atom stereocenters. The van der Waals surface area contributed by atoms with Gasteiger partial charge < -0.3 is 4.90 Å². The van der Waals surface area contributed by atoms with E-state index >= 15 is 0 Å². The molecule has 0 aromatic heterocycles. The third kappa shape index (κ3) is 3.06. The van der Waals surface area contributed by atoms with Crippen molar-refractivity contribution < 1.29 is 8.42 Å². The molecule has 6 nitrogen and oxygen atoms in total. The van der Waals surface area contributed by atoms with Gasteiger partial charge in [0, 0.05) is 30.9 Å². The van der Waals surface area contributed by atoms with Gasteiger partial charge in [-0.15, -0.1) is 0 Å². The molecule has 0 amide bonds. The van der Waals surface area contributed by atoms with E-state index < -0.39 is 15.3 Å². The maximum atomic E-state index is 12.7. The topological polar surface area (TPSA) is 73.5 Å². The fourth-order valence-corrected chi connectivity index (χ4v) is 5.17. The Bertz CT molecular complexity index is 618. The van der Waals surface area contributed by atoms with Gasteiger partial charge in [-0.05, 0) is 44.9 Å². The number of nitrogens with one attached hydrogen (secondary N) is 3. The molecule has 2 unspecified atom stereocenters. The molecule has 7 heteroatoms. The standard InChI is InChI=1S/C15H24N4O2S/c1-11-15(12(2)17-16-11)22(20,21)18-13-6-5-7-14(10-13)19-8-3-4-9-19/h5-7,10-12,15-18H,3-4,8-9H2,1-2H3. The van der Waals surface area contributed by atoms with Crippen molar-refractivity contribution in [3.8, 4) is 0 Å². The first-order valence-electron chi connectivity index (χ1n) is 7.85. The molecule has 2 aliphatic rings. The summed E-state index contributed by atoms with van der Waals surface area (Å²) in [6.07, 6.45) is 2.40. The van der Waals surface area contributed by atoms with Crippen LogP contribution in [0.25, 0.3) is 0 Å². The van der Waals surface area contributed by atoms with Gasteiger partial charge in [-0.25, -0.2) is 8.42 Å². The van der Waals surface area contributed by atoms with Crippen LogP contribution in [0.5, 0.6) is 0 Å². The summed E-state index contributed by atoms with van der Waals surface area (Å²) >= 11 is 0. The lowest BCUT2D eigenvalue weighted by atomic mass is 10.2. The van der Waals surface area contributed by atoms with Crippen molar-refractivity contribution in [3.05, 3.63) is 24.3 Å². The number of anilines is 2. The quantitative estimate of drug-likeness (QED) is 0.778. The summed E-state index contributed by atoms with van der Waals surface area (Å²) in [5.41, 5.74) is 7.70. The molecule has 2 aliphatic heterocycles. The second kappa shape index (κ2) is 6.06. The van der Waals surface area contributed by atoms with Crippen molar-refractivity contribution in [2.45, 2.75) is 44.0 Å². The molecule has 2 fully saturated rings. The van der Waals surface area contributed by atoms with Crippen LogP contribution in [-0.4, -0.2) is 38.8 Å². The maximum absolute atomic E-state index is 12.7. The fraction of sp³-hybridized carbons (Fsp3) is 0.600. The Balaban J connectivity index is 1.78. The highest BCUT2D eigenvalue weighted by Gasteiger charge is 2.40. The molecule has 22 heavy (non-hydrogen) atoms. The second-order valence-corrected chi connectivity index (χ2v) is 8.06. The molecule has 0 bridgehead atoms. The zero-order chi connectivity index (χ0) is 15.7. The summed E-state index contributed by atoms with van der Waals surface area (Å²) in [7, 11) is -3.45. The van der Waals surface area contributed by atoms with Gasteiger partial charge in [-0.3, -0.25) is 15.6 Å². The van der Waals surface area contributed by atoms with E-state index in [1.165, 1.54) is 12.8 Å². The molecule has 2 saturated heterocycles. The molecule has 0 spiro atoms. The molecular weight excluding hydrogens is 300 g/mol. The molecule has 122 valence electrons. The highest BCUT2D eigenvalue weighted by atomic mass is 32.2. The van der Waals surface area contributed by atoms with Crippen LogP contribution in [0.4, 0.5) is 11.4 Å². The molecule has 3 N–H and O–H groups in total. The van der Waals surface area contributed by atoms with Gasteiger partial charge in [0.2, 0.25) is 10.0 Å². The molecular formula is C15H24N4O2S. The summed E-state index contributed by atoms with van der Waals surface area (Å²) in [6.45, 7) is 5.84. The van der Waals surface area contributed by atoms with Crippen LogP contribution >= 0.6 is 0 Å². The van der Waals surface area contributed by atoms with E-state index in [2.05, 4.69) is 20.5 Å². The lowest BCUT2D eigenvalue weighted by Crippen LogP contribution is -2.41. The van der Waals surface area contributed by atoms with Gasteiger partial charge >= 0.3 is 0 Å². The minimum absolute atomic E-state index is 0.130. The van der Waals surface area contributed by atoms with Crippen molar-refractivity contribution in [3.63, 3.8) is 0 Å². The van der Waals surface area contributed by atoms with Gasteiger partial charge in [0.15, 0.2) is 0 Å². The number of hydrogen-bond acceptors (Lipinski definition) is 5. The number of hydrazine groups is 1. The minimum Gasteiger partial charge on any atom is -0.371 e. The first-order valence-corrected chi connectivity index (χ1v) is 9.40.